The minimum absolute atomic E-state index is 0.293. The van der Waals surface area contributed by atoms with Gasteiger partial charge in [0.15, 0.2) is 11.6 Å². The molecule has 0 bridgehead atoms. The molecule has 2 rings (SSSR count). The topological polar surface area (TPSA) is 12.5 Å². The molecule has 1 aliphatic heterocycles. The Morgan fingerprint density at radius 2 is 2.35 bits per heavy atom. The van der Waals surface area contributed by atoms with E-state index >= 15 is 0 Å². The van der Waals surface area contributed by atoms with Gasteiger partial charge in [-0.2, -0.15) is 0 Å². The second-order valence-corrected chi connectivity index (χ2v) is 4.82. The molecule has 1 unspecified atom stereocenters. The molecule has 94 valence electrons. The van der Waals surface area contributed by atoms with E-state index in [1.807, 2.05) is 6.07 Å². The molecule has 0 aromatic heterocycles. The highest BCUT2D eigenvalue weighted by Crippen LogP contribution is 2.22. The molecule has 0 N–H and O–H groups in total. The molecule has 1 fully saturated rings. The maximum absolute atomic E-state index is 13.5. The van der Waals surface area contributed by atoms with Crippen molar-refractivity contribution in [2.75, 3.05) is 26.1 Å². The Kier molecular flexibility index (Phi) is 4.24. The van der Waals surface area contributed by atoms with Crippen molar-refractivity contribution >= 4 is 11.6 Å². The zero-order valence-corrected chi connectivity index (χ0v) is 10.7. The summed E-state index contributed by atoms with van der Waals surface area (Å²) in [5.74, 6) is 1.31. The summed E-state index contributed by atoms with van der Waals surface area (Å²) < 4.78 is 18.4. The molecule has 1 heterocycles. The van der Waals surface area contributed by atoms with Gasteiger partial charge in [-0.3, -0.25) is 4.90 Å². The lowest BCUT2D eigenvalue weighted by molar-refractivity contribution is 0.319. The summed E-state index contributed by atoms with van der Waals surface area (Å²) in [5, 5.41) is 0. The maximum Gasteiger partial charge on any atom is 0.165 e. The fourth-order valence-corrected chi connectivity index (χ4v) is 2.50. The monoisotopic (exact) mass is 257 g/mol. The van der Waals surface area contributed by atoms with E-state index in [1.165, 1.54) is 7.11 Å². The Bertz CT molecular complexity index is 386. The summed E-state index contributed by atoms with van der Waals surface area (Å²) in [5.41, 5.74) is 0.985. The molecule has 0 saturated carbocycles. The molecule has 1 aromatic carbocycles. The van der Waals surface area contributed by atoms with Crippen molar-refractivity contribution < 1.29 is 9.13 Å². The van der Waals surface area contributed by atoms with Crippen LogP contribution in [0.5, 0.6) is 5.75 Å². The highest BCUT2D eigenvalue weighted by Gasteiger charge is 2.21. The molecular formula is C13H17ClFNO. The molecule has 0 amide bonds. The van der Waals surface area contributed by atoms with Crippen LogP contribution in [0.2, 0.25) is 0 Å². The highest BCUT2D eigenvalue weighted by atomic mass is 35.5. The van der Waals surface area contributed by atoms with Gasteiger partial charge in [-0.05, 0) is 36.6 Å². The van der Waals surface area contributed by atoms with Crippen LogP contribution >= 0.6 is 11.6 Å². The average molecular weight is 258 g/mol. The molecule has 0 spiro atoms. The Morgan fingerprint density at radius 3 is 2.94 bits per heavy atom. The summed E-state index contributed by atoms with van der Waals surface area (Å²) in [4.78, 5) is 2.31. The van der Waals surface area contributed by atoms with Crippen LogP contribution in [0.15, 0.2) is 18.2 Å². The molecular weight excluding hydrogens is 241 g/mol. The van der Waals surface area contributed by atoms with Gasteiger partial charge in [0, 0.05) is 19.0 Å². The van der Waals surface area contributed by atoms with E-state index in [9.17, 15) is 4.39 Å². The summed E-state index contributed by atoms with van der Waals surface area (Å²) in [6.07, 6.45) is 1.14. The van der Waals surface area contributed by atoms with Crippen LogP contribution in [-0.4, -0.2) is 31.0 Å². The predicted octanol–water partition coefficient (Wildman–Crippen LogP) is 2.90. The van der Waals surface area contributed by atoms with Crippen LogP contribution in [-0.2, 0) is 6.54 Å². The van der Waals surface area contributed by atoms with Crippen molar-refractivity contribution in [1.82, 2.24) is 4.90 Å². The summed E-state index contributed by atoms with van der Waals surface area (Å²) >= 11 is 5.84. The second kappa shape index (κ2) is 5.69. The zero-order chi connectivity index (χ0) is 12.3. The molecule has 0 aliphatic carbocycles. The van der Waals surface area contributed by atoms with E-state index in [0.717, 1.165) is 31.6 Å². The third kappa shape index (κ3) is 3.11. The number of ether oxygens (including phenoxy) is 1. The Hall–Kier alpha value is -0.800. The number of hydrogen-bond donors (Lipinski definition) is 0. The number of methoxy groups -OCH3 is 1. The van der Waals surface area contributed by atoms with Gasteiger partial charge in [0.1, 0.15) is 0 Å². The zero-order valence-electron chi connectivity index (χ0n) is 9.96. The molecule has 1 aliphatic rings. The third-order valence-electron chi connectivity index (χ3n) is 3.21. The minimum atomic E-state index is -0.293. The van der Waals surface area contributed by atoms with E-state index in [0.29, 0.717) is 17.5 Å². The van der Waals surface area contributed by atoms with E-state index in [2.05, 4.69) is 4.90 Å². The van der Waals surface area contributed by atoms with E-state index < -0.39 is 0 Å². The Morgan fingerprint density at radius 1 is 1.53 bits per heavy atom. The molecule has 1 aromatic rings. The number of likely N-dealkylation sites (tertiary alicyclic amines) is 1. The van der Waals surface area contributed by atoms with Crippen LogP contribution in [0.1, 0.15) is 12.0 Å². The first-order valence-electron chi connectivity index (χ1n) is 5.83. The number of rotatable bonds is 4. The summed E-state index contributed by atoms with van der Waals surface area (Å²) in [6.45, 7) is 2.84. The van der Waals surface area contributed by atoms with Gasteiger partial charge in [-0.25, -0.2) is 4.39 Å². The van der Waals surface area contributed by atoms with Crippen LogP contribution in [0, 0.1) is 11.7 Å². The highest BCUT2D eigenvalue weighted by molar-refractivity contribution is 6.18. The number of nitrogens with zero attached hydrogens (tertiary/aromatic N) is 1. The van der Waals surface area contributed by atoms with Crippen molar-refractivity contribution in [1.29, 1.82) is 0 Å². The van der Waals surface area contributed by atoms with E-state index in [4.69, 9.17) is 16.3 Å². The van der Waals surface area contributed by atoms with E-state index in [-0.39, 0.29) is 5.82 Å². The number of benzene rings is 1. The van der Waals surface area contributed by atoms with Crippen LogP contribution < -0.4 is 4.74 Å². The summed E-state index contributed by atoms with van der Waals surface area (Å²) in [7, 11) is 1.48. The fourth-order valence-electron chi connectivity index (χ4n) is 2.25. The Labute approximate surface area is 106 Å². The largest absolute Gasteiger partial charge is 0.494 e. The smallest absolute Gasteiger partial charge is 0.165 e. The van der Waals surface area contributed by atoms with Crippen molar-refractivity contribution in [3.05, 3.63) is 29.6 Å². The first-order valence-corrected chi connectivity index (χ1v) is 6.37. The number of halogens is 2. The van der Waals surface area contributed by atoms with Crippen molar-refractivity contribution in [3.63, 3.8) is 0 Å². The predicted molar refractivity (Wildman–Crippen MR) is 67.1 cm³/mol. The van der Waals surface area contributed by atoms with E-state index in [1.54, 1.807) is 12.1 Å². The standard InChI is InChI=1S/C13H17ClFNO/c1-17-13-3-2-10(6-12(13)15)8-16-5-4-11(7-14)9-16/h2-3,6,11H,4-5,7-9H2,1H3. The molecule has 1 atom stereocenters. The van der Waals surface area contributed by atoms with Gasteiger partial charge in [-0.15, -0.1) is 11.6 Å². The lowest BCUT2D eigenvalue weighted by Crippen LogP contribution is -2.20. The quantitative estimate of drug-likeness (QED) is 0.769. The number of alkyl halides is 1. The first-order chi connectivity index (χ1) is 8.22. The molecule has 2 nitrogen and oxygen atoms in total. The summed E-state index contributed by atoms with van der Waals surface area (Å²) in [6, 6.07) is 5.14. The van der Waals surface area contributed by atoms with Gasteiger partial charge in [0.05, 0.1) is 7.11 Å². The van der Waals surface area contributed by atoms with Gasteiger partial charge in [-0.1, -0.05) is 6.07 Å². The lowest BCUT2D eigenvalue weighted by Gasteiger charge is -2.16. The number of hydrogen-bond acceptors (Lipinski definition) is 2. The average Bonchev–Trinajstić information content (AvgIpc) is 2.77. The molecule has 4 heteroatoms. The molecule has 17 heavy (non-hydrogen) atoms. The fraction of sp³-hybridized carbons (Fsp3) is 0.538. The second-order valence-electron chi connectivity index (χ2n) is 4.51. The van der Waals surface area contributed by atoms with Crippen molar-refractivity contribution in [3.8, 4) is 5.75 Å². The Balaban J connectivity index is 1.97. The van der Waals surface area contributed by atoms with Crippen LogP contribution in [0.25, 0.3) is 0 Å². The molecule has 1 saturated heterocycles. The van der Waals surface area contributed by atoms with Gasteiger partial charge in [0.2, 0.25) is 0 Å². The van der Waals surface area contributed by atoms with Gasteiger partial charge >= 0.3 is 0 Å². The maximum atomic E-state index is 13.5. The van der Waals surface area contributed by atoms with Crippen LogP contribution in [0.3, 0.4) is 0 Å². The van der Waals surface area contributed by atoms with Gasteiger partial charge < -0.3 is 4.74 Å². The van der Waals surface area contributed by atoms with Crippen molar-refractivity contribution in [2.24, 2.45) is 5.92 Å². The first kappa shape index (κ1) is 12.7. The van der Waals surface area contributed by atoms with Crippen LogP contribution in [0.4, 0.5) is 4.39 Å². The van der Waals surface area contributed by atoms with Gasteiger partial charge in [0.25, 0.3) is 0 Å². The third-order valence-corrected chi connectivity index (χ3v) is 3.65. The lowest BCUT2D eigenvalue weighted by atomic mass is 10.1. The molecule has 0 radical (unpaired) electrons. The minimum Gasteiger partial charge on any atom is -0.494 e. The SMILES string of the molecule is COc1ccc(CN2CCC(CCl)C2)cc1F. The normalized spacial score (nSPS) is 20.8. The van der Waals surface area contributed by atoms with Crippen molar-refractivity contribution in [2.45, 2.75) is 13.0 Å².